The van der Waals surface area contributed by atoms with Crippen molar-refractivity contribution in [1.82, 2.24) is 4.98 Å². The monoisotopic (exact) mass is 435 g/mol. The Bertz CT molecular complexity index is 1130. The Hall–Kier alpha value is -2.96. The van der Waals surface area contributed by atoms with E-state index >= 15 is 0 Å². The van der Waals surface area contributed by atoms with Crippen molar-refractivity contribution in [3.05, 3.63) is 57.4 Å². The molecule has 32 heavy (non-hydrogen) atoms. The molecule has 1 aromatic carbocycles. The van der Waals surface area contributed by atoms with Crippen LogP contribution in [0, 0.1) is 40.2 Å². The number of benzene rings is 1. The number of hydrogen-bond acceptors (Lipinski definition) is 4. The van der Waals surface area contributed by atoms with Gasteiger partial charge in [0, 0.05) is 29.4 Å². The van der Waals surface area contributed by atoms with Crippen LogP contribution in [0.15, 0.2) is 30.3 Å². The molecule has 1 saturated heterocycles. The third-order valence-electron chi connectivity index (χ3n) is 7.96. The molecule has 5 atom stereocenters. The van der Waals surface area contributed by atoms with Crippen LogP contribution in [0.4, 0.5) is 11.4 Å². The molecule has 1 unspecified atom stereocenters. The van der Waals surface area contributed by atoms with Gasteiger partial charge in [-0.1, -0.05) is 26.8 Å². The second-order valence-corrected chi connectivity index (χ2v) is 10.8. The van der Waals surface area contributed by atoms with E-state index in [4.69, 9.17) is 0 Å². The second-order valence-electron chi connectivity index (χ2n) is 10.8. The number of carbonyl (C=O) groups is 2. The van der Waals surface area contributed by atoms with Gasteiger partial charge in [0.25, 0.3) is 5.69 Å². The smallest absolute Gasteiger partial charge is 0.271 e. The second kappa shape index (κ2) is 7.02. The van der Waals surface area contributed by atoms with Gasteiger partial charge in [0.2, 0.25) is 11.8 Å². The Balaban J connectivity index is 1.61. The first kappa shape index (κ1) is 20.9. The molecule has 2 fully saturated rings. The standard InChI is InChI=1S/C25H29N3O4/c1-13-10-19-21-20(18-11-14(25(2,3)4)8-9-17(18)22(19)26-13)23(29)27(24(21)30)15-6-5-7-16(12-15)28(31)32/h5-7,10,12,14,17-18,20-21,26H,8-9,11H2,1-4H3/t14?,17-,18+,20+,21-/m1/s1. The van der Waals surface area contributed by atoms with E-state index < -0.39 is 16.8 Å². The Morgan fingerprint density at radius 2 is 1.88 bits per heavy atom. The maximum Gasteiger partial charge on any atom is 0.271 e. The van der Waals surface area contributed by atoms with Crippen molar-refractivity contribution < 1.29 is 14.5 Å². The molecular weight excluding hydrogens is 406 g/mol. The molecule has 2 amide bonds. The molecule has 7 nitrogen and oxygen atoms in total. The van der Waals surface area contributed by atoms with E-state index in [1.165, 1.54) is 23.1 Å². The summed E-state index contributed by atoms with van der Waals surface area (Å²) in [6.45, 7) is 8.74. The molecule has 1 aromatic heterocycles. The third-order valence-corrected chi connectivity index (χ3v) is 7.96. The van der Waals surface area contributed by atoms with Gasteiger partial charge in [-0.25, -0.2) is 4.90 Å². The predicted molar refractivity (Wildman–Crippen MR) is 120 cm³/mol. The fourth-order valence-corrected chi connectivity index (χ4v) is 6.39. The summed E-state index contributed by atoms with van der Waals surface area (Å²) in [4.78, 5) is 43.0. The Morgan fingerprint density at radius 1 is 1.12 bits per heavy atom. The number of anilines is 1. The van der Waals surface area contributed by atoms with Gasteiger partial charge in [-0.2, -0.15) is 0 Å². The number of amides is 2. The van der Waals surface area contributed by atoms with Gasteiger partial charge in [-0.05, 0) is 61.1 Å². The average molecular weight is 436 g/mol. The number of non-ortho nitro benzene ring substituents is 1. The molecule has 0 bridgehead atoms. The Labute approximate surface area is 187 Å². The average Bonchev–Trinajstić information content (AvgIpc) is 3.24. The number of nitro groups is 1. The number of aromatic amines is 1. The van der Waals surface area contributed by atoms with Crippen LogP contribution in [0.25, 0.3) is 0 Å². The van der Waals surface area contributed by atoms with Gasteiger partial charge >= 0.3 is 0 Å². The van der Waals surface area contributed by atoms with Crippen molar-refractivity contribution in [1.29, 1.82) is 0 Å². The van der Waals surface area contributed by atoms with Crippen LogP contribution in [0.1, 0.15) is 68.8 Å². The van der Waals surface area contributed by atoms with Crippen molar-refractivity contribution in [3.63, 3.8) is 0 Å². The third kappa shape index (κ3) is 3.01. The van der Waals surface area contributed by atoms with Gasteiger partial charge < -0.3 is 4.98 Å². The number of carbonyl (C=O) groups excluding carboxylic acids is 2. The summed E-state index contributed by atoms with van der Waals surface area (Å²) in [6, 6.07) is 7.86. The summed E-state index contributed by atoms with van der Waals surface area (Å²) in [5, 5.41) is 11.3. The first-order chi connectivity index (χ1) is 15.1. The number of H-pyrrole nitrogens is 1. The van der Waals surface area contributed by atoms with E-state index in [1.807, 2.05) is 13.0 Å². The van der Waals surface area contributed by atoms with Crippen LogP contribution in [0.5, 0.6) is 0 Å². The Morgan fingerprint density at radius 3 is 2.56 bits per heavy atom. The van der Waals surface area contributed by atoms with Crippen LogP contribution in [-0.4, -0.2) is 21.7 Å². The quantitative estimate of drug-likeness (QED) is 0.405. The molecule has 0 spiro atoms. The number of aromatic nitrogens is 1. The summed E-state index contributed by atoms with van der Waals surface area (Å²) in [5.41, 5.74) is 3.35. The van der Waals surface area contributed by atoms with Gasteiger partial charge in [0.1, 0.15) is 0 Å². The number of imide groups is 1. The number of fused-ring (bicyclic) bond motifs is 6. The summed E-state index contributed by atoms with van der Waals surface area (Å²) in [5.74, 6) is -0.617. The van der Waals surface area contributed by atoms with Crippen LogP contribution >= 0.6 is 0 Å². The van der Waals surface area contributed by atoms with Crippen molar-refractivity contribution in [2.24, 2.45) is 23.2 Å². The maximum atomic E-state index is 13.8. The normalized spacial score (nSPS) is 29.5. The lowest BCUT2D eigenvalue weighted by Crippen LogP contribution is -2.41. The zero-order valence-corrected chi connectivity index (χ0v) is 18.9. The number of hydrogen-bond donors (Lipinski definition) is 1. The predicted octanol–water partition coefficient (Wildman–Crippen LogP) is 5.06. The van der Waals surface area contributed by atoms with E-state index in [0.29, 0.717) is 5.92 Å². The molecule has 7 heteroatoms. The fourth-order valence-electron chi connectivity index (χ4n) is 6.39. The van der Waals surface area contributed by atoms with Crippen molar-refractivity contribution in [2.45, 2.75) is 58.8 Å². The van der Waals surface area contributed by atoms with Crippen LogP contribution in [-0.2, 0) is 9.59 Å². The first-order valence-corrected chi connectivity index (χ1v) is 11.4. The van der Waals surface area contributed by atoms with Crippen LogP contribution in [0.2, 0.25) is 0 Å². The minimum absolute atomic E-state index is 0.0867. The lowest BCUT2D eigenvalue weighted by atomic mass is 9.57. The molecule has 1 N–H and O–H groups in total. The highest BCUT2D eigenvalue weighted by atomic mass is 16.6. The van der Waals surface area contributed by atoms with E-state index in [-0.39, 0.29) is 40.4 Å². The van der Waals surface area contributed by atoms with Crippen molar-refractivity contribution in [3.8, 4) is 0 Å². The zero-order chi connectivity index (χ0) is 22.9. The highest BCUT2D eigenvalue weighted by Crippen LogP contribution is 2.58. The fraction of sp³-hybridized carbons (Fsp3) is 0.520. The number of rotatable bonds is 2. The SMILES string of the molecule is Cc1cc2c([nH]1)[C@@H]1CCC(C(C)(C)C)C[C@@H]1[C@@H]1C(=O)N(c3cccc([N+](=O)[O-])c3)C(=O)[C@H]21. The molecule has 1 saturated carbocycles. The molecular formula is C25H29N3O4. The minimum atomic E-state index is -0.526. The van der Waals surface area contributed by atoms with Gasteiger partial charge in [0.15, 0.2) is 0 Å². The van der Waals surface area contributed by atoms with Gasteiger partial charge in [0.05, 0.1) is 22.4 Å². The summed E-state index contributed by atoms with van der Waals surface area (Å²) in [6.07, 6.45) is 3.02. The number of nitrogens with zero attached hydrogens (tertiary/aromatic N) is 2. The van der Waals surface area contributed by atoms with Crippen molar-refractivity contribution in [2.75, 3.05) is 4.90 Å². The highest BCUT2D eigenvalue weighted by Gasteiger charge is 2.59. The van der Waals surface area contributed by atoms with E-state index in [0.717, 1.165) is 36.2 Å². The minimum Gasteiger partial charge on any atom is -0.362 e. The van der Waals surface area contributed by atoms with E-state index in [2.05, 4.69) is 25.8 Å². The lowest BCUT2D eigenvalue weighted by molar-refractivity contribution is -0.384. The van der Waals surface area contributed by atoms with Gasteiger partial charge in [-0.3, -0.25) is 19.7 Å². The largest absolute Gasteiger partial charge is 0.362 e. The molecule has 2 heterocycles. The number of aryl methyl sites for hydroxylation is 1. The lowest BCUT2D eigenvalue weighted by Gasteiger charge is -2.46. The number of nitro benzene ring substituents is 1. The highest BCUT2D eigenvalue weighted by molar-refractivity contribution is 6.24. The maximum absolute atomic E-state index is 13.8. The zero-order valence-electron chi connectivity index (χ0n) is 18.9. The molecule has 3 aliphatic rings. The van der Waals surface area contributed by atoms with Crippen molar-refractivity contribution >= 4 is 23.2 Å². The molecule has 1 aliphatic heterocycles. The summed E-state index contributed by atoms with van der Waals surface area (Å²) >= 11 is 0. The molecule has 2 aliphatic carbocycles. The summed E-state index contributed by atoms with van der Waals surface area (Å²) < 4.78 is 0. The summed E-state index contributed by atoms with van der Waals surface area (Å²) in [7, 11) is 0. The van der Waals surface area contributed by atoms with Gasteiger partial charge in [-0.15, -0.1) is 0 Å². The molecule has 0 radical (unpaired) electrons. The number of nitrogens with one attached hydrogen (secondary N) is 1. The first-order valence-electron chi connectivity index (χ1n) is 11.4. The van der Waals surface area contributed by atoms with Crippen LogP contribution in [0.3, 0.4) is 0 Å². The van der Waals surface area contributed by atoms with E-state index in [1.54, 1.807) is 6.07 Å². The molecule has 5 rings (SSSR count). The molecule has 168 valence electrons. The van der Waals surface area contributed by atoms with Crippen LogP contribution < -0.4 is 4.90 Å². The van der Waals surface area contributed by atoms with E-state index in [9.17, 15) is 19.7 Å². The Kier molecular flexibility index (Phi) is 4.59. The topological polar surface area (TPSA) is 96.3 Å². The molecule has 2 aromatic rings.